The van der Waals surface area contributed by atoms with Gasteiger partial charge in [0.05, 0.1) is 11.7 Å². The molecule has 0 bridgehead atoms. The number of nitrogens with zero attached hydrogens (tertiary/aromatic N) is 3. The van der Waals surface area contributed by atoms with Crippen LogP contribution in [0.25, 0.3) is 10.9 Å². The first kappa shape index (κ1) is 9.89. The van der Waals surface area contributed by atoms with Gasteiger partial charge in [-0.1, -0.05) is 0 Å². The Labute approximate surface area is 98.3 Å². The van der Waals surface area contributed by atoms with Crippen LogP contribution in [0.5, 0.6) is 0 Å². The molecule has 3 rings (SSSR count). The monoisotopic (exact) mass is 227 g/mol. The maximum atomic E-state index is 5.91. The van der Waals surface area contributed by atoms with Gasteiger partial charge in [-0.05, 0) is 17.2 Å². The smallest absolute Gasteiger partial charge is 0.133 e. The van der Waals surface area contributed by atoms with Crippen LogP contribution in [0, 0.1) is 0 Å². The molecular weight excluding hydrogens is 214 g/mol. The average Bonchev–Trinajstić information content (AvgIpc) is 2.88. The molecule has 0 fully saturated rings. The van der Waals surface area contributed by atoms with Crippen LogP contribution in [0.2, 0.25) is 0 Å². The van der Waals surface area contributed by atoms with Crippen molar-refractivity contribution in [2.75, 3.05) is 5.73 Å². The number of pyridine rings is 1. The number of rotatable bonds is 2. The minimum atomic E-state index is 0.572. The van der Waals surface area contributed by atoms with E-state index in [1.54, 1.807) is 10.9 Å². The highest BCUT2D eigenvalue weighted by atomic mass is 15.2. The minimum absolute atomic E-state index is 0.572. The van der Waals surface area contributed by atoms with Crippen molar-refractivity contribution in [2.45, 2.75) is 6.42 Å². The summed E-state index contributed by atoms with van der Waals surface area (Å²) in [7, 11) is 1.91. The van der Waals surface area contributed by atoms with Gasteiger partial charge in [0.15, 0.2) is 0 Å². The van der Waals surface area contributed by atoms with Gasteiger partial charge in [-0.3, -0.25) is 4.68 Å². The molecule has 0 aliphatic heterocycles. The van der Waals surface area contributed by atoms with Crippen molar-refractivity contribution in [3.8, 4) is 0 Å². The largest absolute Gasteiger partial charge is 0.383 e. The summed E-state index contributed by atoms with van der Waals surface area (Å²) in [6, 6.07) is 1.93. The summed E-state index contributed by atoms with van der Waals surface area (Å²) >= 11 is 0. The third-order valence-corrected chi connectivity index (χ3v) is 2.86. The van der Waals surface area contributed by atoms with Crippen LogP contribution in [0.1, 0.15) is 11.1 Å². The lowest BCUT2D eigenvalue weighted by Crippen LogP contribution is -1.92. The van der Waals surface area contributed by atoms with E-state index in [9.17, 15) is 0 Å². The van der Waals surface area contributed by atoms with E-state index in [0.717, 1.165) is 28.5 Å². The van der Waals surface area contributed by atoms with Gasteiger partial charge in [0.1, 0.15) is 5.82 Å². The van der Waals surface area contributed by atoms with E-state index in [1.807, 2.05) is 31.7 Å². The van der Waals surface area contributed by atoms with Crippen LogP contribution in [-0.4, -0.2) is 19.7 Å². The van der Waals surface area contributed by atoms with Crippen LogP contribution < -0.4 is 5.73 Å². The molecule has 3 heterocycles. The summed E-state index contributed by atoms with van der Waals surface area (Å²) in [5, 5.41) is 5.17. The SMILES string of the molecule is Cn1cc(Cc2c[nH]c3ccnc(N)c23)cn1. The number of nitrogen functional groups attached to an aromatic ring is 1. The van der Waals surface area contributed by atoms with E-state index >= 15 is 0 Å². The van der Waals surface area contributed by atoms with E-state index in [4.69, 9.17) is 5.73 Å². The summed E-state index contributed by atoms with van der Waals surface area (Å²) < 4.78 is 1.80. The lowest BCUT2D eigenvalue weighted by atomic mass is 10.1. The number of hydrogen-bond acceptors (Lipinski definition) is 3. The first-order valence-corrected chi connectivity index (χ1v) is 5.42. The zero-order chi connectivity index (χ0) is 11.8. The highest BCUT2D eigenvalue weighted by Gasteiger charge is 2.08. The maximum Gasteiger partial charge on any atom is 0.133 e. The van der Waals surface area contributed by atoms with E-state index < -0.39 is 0 Å². The molecule has 17 heavy (non-hydrogen) atoms. The van der Waals surface area contributed by atoms with Gasteiger partial charge in [0, 0.05) is 37.4 Å². The Morgan fingerprint density at radius 1 is 1.47 bits per heavy atom. The number of nitrogens with two attached hydrogens (primary N) is 1. The van der Waals surface area contributed by atoms with E-state index in [1.165, 1.54) is 0 Å². The molecule has 0 atom stereocenters. The molecule has 0 saturated heterocycles. The molecule has 0 aliphatic carbocycles. The third-order valence-electron chi connectivity index (χ3n) is 2.86. The Balaban J connectivity index is 2.06. The summed E-state index contributed by atoms with van der Waals surface area (Å²) in [6.45, 7) is 0. The van der Waals surface area contributed by atoms with Gasteiger partial charge in [0.25, 0.3) is 0 Å². The molecule has 0 aliphatic rings. The Kier molecular flexibility index (Phi) is 2.11. The van der Waals surface area contributed by atoms with Gasteiger partial charge in [-0.25, -0.2) is 4.98 Å². The maximum absolute atomic E-state index is 5.91. The molecule has 86 valence electrons. The number of aryl methyl sites for hydroxylation is 1. The number of fused-ring (bicyclic) bond motifs is 1. The average molecular weight is 227 g/mol. The first-order valence-electron chi connectivity index (χ1n) is 5.42. The van der Waals surface area contributed by atoms with Gasteiger partial charge >= 0.3 is 0 Å². The number of H-pyrrole nitrogens is 1. The molecular formula is C12H13N5. The van der Waals surface area contributed by atoms with Crippen LogP contribution in [0.15, 0.2) is 30.9 Å². The number of anilines is 1. The summed E-state index contributed by atoms with van der Waals surface area (Å²) in [5.41, 5.74) is 9.25. The molecule has 3 aromatic heterocycles. The molecule has 0 radical (unpaired) electrons. The van der Waals surface area contributed by atoms with Crippen molar-refractivity contribution >= 4 is 16.7 Å². The summed E-state index contributed by atoms with van der Waals surface area (Å²) in [4.78, 5) is 7.33. The Bertz CT molecular complexity index is 664. The molecule has 5 nitrogen and oxygen atoms in total. The van der Waals surface area contributed by atoms with Gasteiger partial charge in [0.2, 0.25) is 0 Å². The second-order valence-corrected chi connectivity index (χ2v) is 4.13. The second kappa shape index (κ2) is 3.62. The van der Waals surface area contributed by atoms with Crippen molar-refractivity contribution in [1.82, 2.24) is 19.7 Å². The molecule has 5 heteroatoms. The van der Waals surface area contributed by atoms with Gasteiger partial charge < -0.3 is 10.7 Å². The van der Waals surface area contributed by atoms with Crippen molar-refractivity contribution < 1.29 is 0 Å². The second-order valence-electron chi connectivity index (χ2n) is 4.13. The standard InChI is InChI=1S/C12H13N5/c1-17-7-8(5-16-17)4-9-6-15-10-2-3-14-12(13)11(9)10/h2-3,5-7,15H,4H2,1H3,(H2,13,14). The molecule has 0 aromatic carbocycles. The van der Waals surface area contributed by atoms with Crippen LogP contribution in [0.3, 0.4) is 0 Å². The normalized spacial score (nSPS) is 11.1. The van der Waals surface area contributed by atoms with Crippen LogP contribution in [-0.2, 0) is 13.5 Å². The number of aromatic nitrogens is 4. The highest BCUT2D eigenvalue weighted by molar-refractivity contribution is 5.92. The molecule has 0 amide bonds. The summed E-state index contributed by atoms with van der Waals surface area (Å²) in [6.07, 6.45) is 8.37. The fraction of sp³-hybridized carbons (Fsp3) is 0.167. The number of nitrogens with one attached hydrogen (secondary N) is 1. The molecule has 3 aromatic rings. The lowest BCUT2D eigenvalue weighted by Gasteiger charge is -1.99. The number of hydrogen-bond donors (Lipinski definition) is 2. The lowest BCUT2D eigenvalue weighted by molar-refractivity contribution is 0.767. The zero-order valence-corrected chi connectivity index (χ0v) is 9.51. The topological polar surface area (TPSA) is 72.5 Å². The fourth-order valence-corrected chi connectivity index (χ4v) is 2.10. The molecule has 0 saturated carbocycles. The van der Waals surface area contributed by atoms with Crippen molar-refractivity contribution in [1.29, 1.82) is 0 Å². The van der Waals surface area contributed by atoms with Gasteiger partial charge in [-0.2, -0.15) is 5.10 Å². The molecule has 0 unspecified atom stereocenters. The first-order chi connectivity index (χ1) is 8.24. The predicted molar refractivity (Wildman–Crippen MR) is 66.5 cm³/mol. The molecule has 0 spiro atoms. The van der Waals surface area contributed by atoms with Crippen molar-refractivity contribution in [3.63, 3.8) is 0 Å². The van der Waals surface area contributed by atoms with Crippen LogP contribution in [0.4, 0.5) is 5.82 Å². The van der Waals surface area contributed by atoms with E-state index in [0.29, 0.717) is 5.82 Å². The van der Waals surface area contributed by atoms with Crippen LogP contribution >= 0.6 is 0 Å². The highest BCUT2D eigenvalue weighted by Crippen LogP contribution is 2.24. The Morgan fingerprint density at radius 2 is 2.35 bits per heavy atom. The van der Waals surface area contributed by atoms with Crippen molar-refractivity contribution in [2.24, 2.45) is 7.05 Å². The van der Waals surface area contributed by atoms with Crippen molar-refractivity contribution in [3.05, 3.63) is 42.0 Å². The minimum Gasteiger partial charge on any atom is -0.383 e. The molecule has 3 N–H and O–H groups in total. The van der Waals surface area contributed by atoms with E-state index in [2.05, 4.69) is 15.1 Å². The third kappa shape index (κ3) is 1.65. The fourth-order valence-electron chi connectivity index (χ4n) is 2.10. The quantitative estimate of drug-likeness (QED) is 0.696. The predicted octanol–water partition coefficient (Wildman–Crippen LogP) is 1.47. The van der Waals surface area contributed by atoms with E-state index in [-0.39, 0.29) is 0 Å². The number of aromatic amines is 1. The van der Waals surface area contributed by atoms with Gasteiger partial charge in [-0.15, -0.1) is 0 Å². The Hall–Kier alpha value is -2.30. The summed E-state index contributed by atoms with van der Waals surface area (Å²) in [5.74, 6) is 0.572. The zero-order valence-electron chi connectivity index (χ0n) is 9.51. The Morgan fingerprint density at radius 3 is 3.12 bits per heavy atom.